The average molecular weight is 298 g/mol. The monoisotopic (exact) mass is 297 g/mol. The molecule has 0 bridgehead atoms. The van der Waals surface area contributed by atoms with E-state index in [0.717, 1.165) is 18.5 Å². The van der Waals surface area contributed by atoms with Gasteiger partial charge >= 0.3 is 5.97 Å². The maximum absolute atomic E-state index is 11.4. The third kappa shape index (κ3) is 3.00. The van der Waals surface area contributed by atoms with Crippen molar-refractivity contribution in [3.63, 3.8) is 0 Å². The molecule has 1 aliphatic carbocycles. The Morgan fingerprint density at radius 2 is 2.12 bits per heavy atom. The number of hydrogen-bond donors (Lipinski definition) is 1. The van der Waals surface area contributed by atoms with E-state index in [1.165, 1.54) is 20.0 Å². The van der Waals surface area contributed by atoms with Crippen molar-refractivity contribution in [1.29, 1.82) is 0 Å². The minimum atomic E-state index is -0.302. The molecule has 4 heteroatoms. The van der Waals surface area contributed by atoms with Gasteiger partial charge in [0, 0.05) is 5.69 Å². The zero-order chi connectivity index (χ0) is 12.3. The summed E-state index contributed by atoms with van der Waals surface area (Å²) in [6, 6.07) is 7.41. The van der Waals surface area contributed by atoms with Gasteiger partial charge in [-0.2, -0.15) is 0 Å². The number of halogens is 1. The lowest BCUT2D eigenvalue weighted by atomic mass is 10.1. The number of esters is 1. The molecule has 0 saturated heterocycles. The SMILES string of the molecule is COC(=O)c1cccc(NC2(Br)CCCC2)c1. The van der Waals surface area contributed by atoms with Crippen molar-refractivity contribution in [2.24, 2.45) is 0 Å². The zero-order valence-corrected chi connectivity index (χ0v) is 11.4. The van der Waals surface area contributed by atoms with Crippen molar-refractivity contribution in [3.05, 3.63) is 29.8 Å². The van der Waals surface area contributed by atoms with E-state index in [4.69, 9.17) is 4.74 Å². The molecular weight excluding hydrogens is 282 g/mol. The fourth-order valence-corrected chi connectivity index (χ4v) is 2.95. The summed E-state index contributed by atoms with van der Waals surface area (Å²) < 4.78 is 4.70. The highest BCUT2D eigenvalue weighted by atomic mass is 79.9. The Labute approximate surface area is 110 Å². The Balaban J connectivity index is 2.13. The van der Waals surface area contributed by atoms with Gasteiger partial charge in [-0.05, 0) is 31.0 Å². The molecule has 1 aliphatic rings. The van der Waals surface area contributed by atoms with Crippen LogP contribution in [0.3, 0.4) is 0 Å². The van der Waals surface area contributed by atoms with E-state index >= 15 is 0 Å². The Morgan fingerprint density at radius 3 is 2.76 bits per heavy atom. The molecule has 17 heavy (non-hydrogen) atoms. The van der Waals surface area contributed by atoms with Gasteiger partial charge in [0.05, 0.1) is 17.1 Å². The molecule has 1 saturated carbocycles. The van der Waals surface area contributed by atoms with Gasteiger partial charge in [-0.3, -0.25) is 0 Å². The van der Waals surface area contributed by atoms with Crippen molar-refractivity contribution in [2.75, 3.05) is 12.4 Å². The summed E-state index contributed by atoms with van der Waals surface area (Å²) in [4.78, 5) is 11.4. The van der Waals surface area contributed by atoms with E-state index in [1.54, 1.807) is 6.07 Å². The van der Waals surface area contributed by atoms with E-state index in [9.17, 15) is 4.79 Å². The van der Waals surface area contributed by atoms with Crippen LogP contribution in [0, 0.1) is 0 Å². The fourth-order valence-electron chi connectivity index (χ4n) is 2.16. The van der Waals surface area contributed by atoms with Crippen molar-refractivity contribution in [2.45, 2.75) is 30.1 Å². The zero-order valence-electron chi connectivity index (χ0n) is 9.83. The molecular formula is C13H16BrNO2. The van der Waals surface area contributed by atoms with Crippen LogP contribution in [-0.4, -0.2) is 17.5 Å². The molecule has 1 N–H and O–H groups in total. The normalized spacial score (nSPS) is 17.8. The van der Waals surface area contributed by atoms with Crippen molar-refractivity contribution < 1.29 is 9.53 Å². The van der Waals surface area contributed by atoms with Gasteiger partial charge in [-0.1, -0.05) is 34.8 Å². The van der Waals surface area contributed by atoms with Crippen LogP contribution < -0.4 is 5.32 Å². The maximum atomic E-state index is 11.4. The van der Waals surface area contributed by atoms with Gasteiger partial charge in [0.2, 0.25) is 0 Å². The molecule has 1 aromatic rings. The van der Waals surface area contributed by atoms with Crippen LogP contribution in [0.4, 0.5) is 5.69 Å². The van der Waals surface area contributed by atoms with Gasteiger partial charge in [0.15, 0.2) is 0 Å². The van der Waals surface area contributed by atoms with Crippen molar-refractivity contribution >= 4 is 27.6 Å². The van der Waals surface area contributed by atoms with Crippen LogP contribution in [-0.2, 0) is 4.74 Å². The quantitative estimate of drug-likeness (QED) is 0.527. The lowest BCUT2D eigenvalue weighted by Crippen LogP contribution is -2.27. The number of alkyl halides is 1. The Kier molecular flexibility index (Phi) is 3.72. The molecule has 2 rings (SSSR count). The van der Waals surface area contributed by atoms with E-state index in [1.807, 2.05) is 18.2 Å². The minimum absolute atomic E-state index is 0.0122. The number of methoxy groups -OCH3 is 1. The minimum Gasteiger partial charge on any atom is -0.465 e. The summed E-state index contributed by atoms with van der Waals surface area (Å²) in [5.41, 5.74) is 1.53. The van der Waals surface area contributed by atoms with E-state index < -0.39 is 0 Å². The molecule has 0 heterocycles. The number of anilines is 1. The standard InChI is InChI=1S/C13H16BrNO2/c1-17-12(16)10-5-4-6-11(9-10)15-13(14)7-2-3-8-13/h4-6,9,15H,2-3,7-8H2,1H3. The summed E-state index contributed by atoms with van der Waals surface area (Å²) in [5.74, 6) is -0.302. The van der Waals surface area contributed by atoms with E-state index in [-0.39, 0.29) is 10.4 Å². The van der Waals surface area contributed by atoms with Crippen LogP contribution in [0.2, 0.25) is 0 Å². The second kappa shape index (κ2) is 5.08. The second-order valence-electron chi connectivity index (χ2n) is 4.37. The first-order chi connectivity index (χ1) is 8.13. The number of nitrogens with one attached hydrogen (secondary N) is 1. The van der Waals surface area contributed by atoms with Crippen LogP contribution in [0.15, 0.2) is 24.3 Å². The van der Waals surface area contributed by atoms with Gasteiger partial charge in [-0.25, -0.2) is 4.79 Å². The van der Waals surface area contributed by atoms with Crippen LogP contribution in [0.1, 0.15) is 36.0 Å². The van der Waals surface area contributed by atoms with Crippen molar-refractivity contribution in [1.82, 2.24) is 0 Å². The first-order valence-electron chi connectivity index (χ1n) is 5.78. The molecule has 0 unspecified atom stereocenters. The number of ether oxygens (including phenoxy) is 1. The van der Waals surface area contributed by atoms with Gasteiger partial charge in [0.1, 0.15) is 0 Å². The molecule has 0 spiro atoms. The summed E-state index contributed by atoms with van der Waals surface area (Å²) in [7, 11) is 1.39. The number of carbonyl (C=O) groups excluding carboxylic acids is 1. The lowest BCUT2D eigenvalue weighted by Gasteiger charge is -2.24. The van der Waals surface area contributed by atoms with Crippen molar-refractivity contribution in [3.8, 4) is 0 Å². The number of carbonyl (C=O) groups is 1. The smallest absolute Gasteiger partial charge is 0.337 e. The van der Waals surface area contributed by atoms with E-state index in [0.29, 0.717) is 5.56 Å². The maximum Gasteiger partial charge on any atom is 0.337 e. The highest BCUT2D eigenvalue weighted by Crippen LogP contribution is 2.38. The van der Waals surface area contributed by atoms with Gasteiger partial charge < -0.3 is 10.1 Å². The summed E-state index contributed by atoms with van der Waals surface area (Å²) >= 11 is 3.73. The second-order valence-corrected chi connectivity index (χ2v) is 5.89. The lowest BCUT2D eigenvalue weighted by molar-refractivity contribution is 0.0601. The Hall–Kier alpha value is -1.03. The summed E-state index contributed by atoms with van der Waals surface area (Å²) in [5, 5.41) is 3.45. The molecule has 0 amide bonds. The topological polar surface area (TPSA) is 38.3 Å². The Bertz CT molecular complexity index is 414. The largest absolute Gasteiger partial charge is 0.465 e. The summed E-state index contributed by atoms with van der Waals surface area (Å²) in [6.07, 6.45) is 4.68. The molecule has 0 atom stereocenters. The molecule has 0 aliphatic heterocycles. The predicted molar refractivity (Wildman–Crippen MR) is 71.5 cm³/mol. The third-order valence-electron chi connectivity index (χ3n) is 3.05. The average Bonchev–Trinajstić information content (AvgIpc) is 2.75. The highest BCUT2D eigenvalue weighted by Gasteiger charge is 2.30. The Morgan fingerprint density at radius 1 is 1.41 bits per heavy atom. The van der Waals surface area contributed by atoms with E-state index in [2.05, 4.69) is 21.2 Å². The molecule has 3 nitrogen and oxygen atoms in total. The third-order valence-corrected chi connectivity index (χ3v) is 4.04. The first kappa shape index (κ1) is 12.4. The number of benzene rings is 1. The van der Waals surface area contributed by atoms with Gasteiger partial charge in [0.25, 0.3) is 0 Å². The number of rotatable bonds is 3. The highest BCUT2D eigenvalue weighted by molar-refractivity contribution is 9.10. The number of hydrogen-bond acceptors (Lipinski definition) is 3. The van der Waals surface area contributed by atoms with Crippen LogP contribution in [0.5, 0.6) is 0 Å². The predicted octanol–water partition coefficient (Wildman–Crippen LogP) is 3.55. The molecule has 1 aromatic carbocycles. The molecule has 1 fully saturated rings. The molecule has 0 aromatic heterocycles. The summed E-state index contributed by atoms with van der Waals surface area (Å²) in [6.45, 7) is 0. The first-order valence-corrected chi connectivity index (χ1v) is 6.58. The van der Waals surface area contributed by atoms with Crippen LogP contribution in [0.25, 0.3) is 0 Å². The van der Waals surface area contributed by atoms with Gasteiger partial charge in [-0.15, -0.1) is 0 Å². The molecule has 92 valence electrons. The molecule has 0 radical (unpaired) electrons. The van der Waals surface area contributed by atoms with Crippen LogP contribution >= 0.6 is 15.9 Å². The fraction of sp³-hybridized carbons (Fsp3) is 0.462.